The van der Waals surface area contributed by atoms with Crippen LogP contribution in [0.25, 0.3) is 0 Å². The molecule has 0 saturated heterocycles. The number of carbonyl (C=O) groups excluding carboxylic acids is 1. The summed E-state index contributed by atoms with van der Waals surface area (Å²) in [5, 5.41) is 0. The van der Waals surface area contributed by atoms with Gasteiger partial charge in [-0.3, -0.25) is 4.90 Å². The second-order valence-electron chi connectivity index (χ2n) is 8.73. The van der Waals surface area contributed by atoms with Gasteiger partial charge in [0.15, 0.2) is 0 Å². The first-order valence-electron chi connectivity index (χ1n) is 10.5. The second-order valence-corrected chi connectivity index (χ2v) is 8.73. The van der Waals surface area contributed by atoms with Gasteiger partial charge >= 0.3 is 0 Å². The van der Waals surface area contributed by atoms with E-state index in [0.717, 1.165) is 36.9 Å². The molecule has 0 radical (unpaired) electrons. The Morgan fingerprint density at radius 3 is 1.67 bits per heavy atom. The van der Waals surface area contributed by atoms with Crippen molar-refractivity contribution in [3.63, 3.8) is 0 Å². The molecule has 3 fully saturated rings. The maximum absolute atomic E-state index is 11.1. The van der Waals surface area contributed by atoms with Crippen LogP contribution in [0.15, 0.2) is 0 Å². The molecule has 3 nitrogen and oxygen atoms in total. The van der Waals surface area contributed by atoms with Crippen molar-refractivity contribution in [3.05, 3.63) is 0 Å². The number of carbonyl (C=O) groups is 1. The Bertz CT molecular complexity index is 375. The van der Waals surface area contributed by atoms with Crippen molar-refractivity contribution in [2.24, 2.45) is 11.8 Å². The summed E-state index contributed by atoms with van der Waals surface area (Å²) in [5.41, 5.74) is 0. The van der Waals surface area contributed by atoms with Crippen LogP contribution < -0.4 is 0 Å². The molecular formula is C21H37NO2. The third-order valence-electron chi connectivity index (χ3n) is 7.16. The minimum Gasteiger partial charge on any atom is -0.381 e. The van der Waals surface area contributed by atoms with E-state index >= 15 is 0 Å². The van der Waals surface area contributed by atoms with Crippen LogP contribution >= 0.6 is 0 Å². The zero-order valence-corrected chi connectivity index (χ0v) is 15.8. The molecule has 3 aliphatic rings. The van der Waals surface area contributed by atoms with E-state index in [-0.39, 0.29) is 0 Å². The van der Waals surface area contributed by atoms with Crippen LogP contribution in [-0.2, 0) is 9.53 Å². The summed E-state index contributed by atoms with van der Waals surface area (Å²) in [6.07, 6.45) is 17.0. The van der Waals surface area contributed by atoms with Gasteiger partial charge in [0.05, 0.1) is 6.10 Å². The van der Waals surface area contributed by atoms with Crippen LogP contribution in [0.2, 0.25) is 0 Å². The van der Waals surface area contributed by atoms with E-state index in [1.807, 2.05) is 7.11 Å². The van der Waals surface area contributed by atoms with E-state index in [0.29, 0.717) is 12.0 Å². The highest BCUT2D eigenvalue weighted by Crippen LogP contribution is 2.38. The Kier molecular flexibility index (Phi) is 6.74. The van der Waals surface area contributed by atoms with Gasteiger partial charge in [0, 0.05) is 31.2 Å². The lowest BCUT2D eigenvalue weighted by molar-refractivity contribution is -0.112. The van der Waals surface area contributed by atoms with Crippen LogP contribution in [0, 0.1) is 11.8 Å². The predicted molar refractivity (Wildman–Crippen MR) is 98.1 cm³/mol. The lowest BCUT2D eigenvalue weighted by atomic mass is 9.79. The molecular weight excluding hydrogens is 298 g/mol. The Balaban J connectivity index is 1.66. The molecule has 0 aliphatic heterocycles. The van der Waals surface area contributed by atoms with Crippen LogP contribution in [0.5, 0.6) is 0 Å². The molecule has 0 aromatic rings. The molecule has 0 N–H and O–H groups in total. The van der Waals surface area contributed by atoms with Crippen molar-refractivity contribution in [2.45, 2.75) is 108 Å². The van der Waals surface area contributed by atoms with E-state index < -0.39 is 0 Å². The minimum absolute atomic E-state index is 0.332. The summed E-state index contributed by atoms with van der Waals surface area (Å²) < 4.78 is 5.60. The second kappa shape index (κ2) is 8.80. The molecule has 0 aromatic carbocycles. The van der Waals surface area contributed by atoms with E-state index in [2.05, 4.69) is 11.8 Å². The fourth-order valence-corrected chi connectivity index (χ4v) is 5.55. The maximum atomic E-state index is 11.1. The normalized spacial score (nSPS) is 41.3. The lowest BCUT2D eigenvalue weighted by Gasteiger charge is -2.49. The molecule has 0 bridgehead atoms. The molecule has 3 rings (SSSR count). The largest absolute Gasteiger partial charge is 0.381 e. The van der Waals surface area contributed by atoms with Crippen LogP contribution in [0.1, 0.15) is 84.0 Å². The third kappa shape index (κ3) is 4.40. The average Bonchev–Trinajstić information content (AvgIpc) is 2.64. The number of nitrogens with zero attached hydrogens (tertiary/aromatic N) is 1. The zero-order chi connectivity index (χ0) is 16.9. The first-order chi connectivity index (χ1) is 11.7. The number of rotatable bonds is 5. The SMILES string of the molecule is COC1CCC(N(C2CCC(C)CC2)C2CCC(C=O)CC2)CC1. The Labute approximate surface area is 148 Å². The quantitative estimate of drug-likeness (QED) is 0.689. The van der Waals surface area contributed by atoms with Crippen molar-refractivity contribution in [2.75, 3.05) is 7.11 Å². The smallest absolute Gasteiger partial charge is 0.123 e. The van der Waals surface area contributed by atoms with Crippen molar-refractivity contribution in [1.29, 1.82) is 0 Å². The van der Waals surface area contributed by atoms with Gasteiger partial charge in [-0.05, 0) is 83.0 Å². The van der Waals surface area contributed by atoms with Gasteiger partial charge in [-0.1, -0.05) is 6.92 Å². The van der Waals surface area contributed by atoms with Gasteiger partial charge in [-0.25, -0.2) is 0 Å². The molecule has 0 heterocycles. The van der Waals surface area contributed by atoms with E-state index in [1.54, 1.807) is 0 Å². The van der Waals surface area contributed by atoms with Crippen molar-refractivity contribution in [3.8, 4) is 0 Å². The summed E-state index contributed by atoms with van der Waals surface area (Å²) >= 11 is 0. The number of methoxy groups -OCH3 is 1. The summed E-state index contributed by atoms with van der Waals surface area (Å²) in [6.45, 7) is 2.42. The minimum atomic E-state index is 0.332. The van der Waals surface area contributed by atoms with Crippen LogP contribution in [0.4, 0.5) is 0 Å². The molecule has 0 atom stereocenters. The van der Waals surface area contributed by atoms with Crippen molar-refractivity contribution in [1.82, 2.24) is 4.90 Å². The fourth-order valence-electron chi connectivity index (χ4n) is 5.55. The van der Waals surface area contributed by atoms with Gasteiger partial charge in [0.1, 0.15) is 6.29 Å². The Morgan fingerprint density at radius 1 is 0.750 bits per heavy atom. The molecule has 0 spiro atoms. The molecule has 3 aliphatic carbocycles. The van der Waals surface area contributed by atoms with Gasteiger partial charge < -0.3 is 9.53 Å². The standard InChI is InChI=1S/C21H37NO2/c1-16-3-7-18(8-4-16)22(19-9-5-17(15-23)6-10-19)20-11-13-21(24-2)14-12-20/h15-21H,3-14H2,1-2H3. The maximum Gasteiger partial charge on any atom is 0.123 e. The lowest BCUT2D eigenvalue weighted by Crippen LogP contribution is -2.53. The van der Waals surface area contributed by atoms with Gasteiger partial charge in [-0.15, -0.1) is 0 Å². The first kappa shape index (κ1) is 18.4. The van der Waals surface area contributed by atoms with E-state index in [1.165, 1.54) is 70.5 Å². The predicted octanol–water partition coefficient (Wildman–Crippen LogP) is 4.58. The zero-order valence-electron chi connectivity index (χ0n) is 15.8. The average molecular weight is 336 g/mol. The van der Waals surface area contributed by atoms with Gasteiger partial charge in [0.2, 0.25) is 0 Å². The van der Waals surface area contributed by atoms with Crippen LogP contribution in [-0.4, -0.2) is 42.5 Å². The highest BCUT2D eigenvalue weighted by Gasteiger charge is 2.37. The molecule has 24 heavy (non-hydrogen) atoms. The molecule has 0 amide bonds. The molecule has 3 saturated carbocycles. The molecule has 0 aromatic heterocycles. The highest BCUT2D eigenvalue weighted by molar-refractivity contribution is 5.53. The number of aldehydes is 1. The van der Waals surface area contributed by atoms with Crippen molar-refractivity contribution >= 4 is 6.29 Å². The van der Waals surface area contributed by atoms with Gasteiger partial charge in [-0.2, -0.15) is 0 Å². The van der Waals surface area contributed by atoms with Gasteiger partial charge in [0.25, 0.3) is 0 Å². The van der Waals surface area contributed by atoms with E-state index in [9.17, 15) is 4.79 Å². The monoisotopic (exact) mass is 335 g/mol. The summed E-state index contributed by atoms with van der Waals surface area (Å²) in [6, 6.07) is 2.28. The molecule has 3 heteroatoms. The fraction of sp³-hybridized carbons (Fsp3) is 0.952. The number of ether oxygens (including phenoxy) is 1. The van der Waals surface area contributed by atoms with Crippen LogP contribution in [0.3, 0.4) is 0 Å². The topological polar surface area (TPSA) is 29.5 Å². The molecule has 138 valence electrons. The summed E-state index contributed by atoms with van der Waals surface area (Å²) in [4.78, 5) is 14.1. The number of hydrogen-bond acceptors (Lipinski definition) is 3. The Morgan fingerprint density at radius 2 is 1.21 bits per heavy atom. The summed E-state index contributed by atoms with van der Waals surface area (Å²) in [5.74, 6) is 1.25. The number of hydrogen-bond donors (Lipinski definition) is 0. The highest BCUT2D eigenvalue weighted by atomic mass is 16.5. The third-order valence-corrected chi connectivity index (χ3v) is 7.16. The Hall–Kier alpha value is -0.410. The molecule has 0 unspecified atom stereocenters. The van der Waals surface area contributed by atoms with E-state index in [4.69, 9.17) is 4.74 Å². The summed E-state index contributed by atoms with van der Waals surface area (Å²) in [7, 11) is 1.87. The van der Waals surface area contributed by atoms with Crippen molar-refractivity contribution < 1.29 is 9.53 Å². The first-order valence-corrected chi connectivity index (χ1v) is 10.5.